The molecule has 2 bridgehead atoms. The molecule has 4 rings (SSSR count). The Labute approximate surface area is 191 Å². The van der Waals surface area contributed by atoms with Gasteiger partial charge in [0.1, 0.15) is 0 Å². The van der Waals surface area contributed by atoms with Crippen molar-refractivity contribution < 1.29 is 14.7 Å². The van der Waals surface area contributed by atoms with E-state index in [2.05, 4.69) is 47.8 Å². The van der Waals surface area contributed by atoms with Crippen LogP contribution in [-0.2, 0) is 9.63 Å². The molecule has 0 unspecified atom stereocenters. The SMILES string of the molecule is O=C(O)CCC/C=C\C[C@H]1[C@H]2CC[C@H](C2)[C@@H]1/C=N/OC(c1ccccc1)c1ccccc1. The first-order valence-electron chi connectivity index (χ1n) is 11.9. The Balaban J connectivity index is 1.39. The Morgan fingerprint density at radius 3 is 2.31 bits per heavy atom. The predicted octanol–water partition coefficient (Wildman–Crippen LogP) is 6.64. The molecule has 1 N–H and O–H groups in total. The van der Waals surface area contributed by atoms with Gasteiger partial charge in [-0.1, -0.05) is 78.0 Å². The highest BCUT2D eigenvalue weighted by atomic mass is 16.6. The molecule has 2 aromatic rings. The molecule has 2 saturated carbocycles. The molecule has 2 fully saturated rings. The first kappa shape index (κ1) is 22.3. The lowest BCUT2D eigenvalue weighted by Gasteiger charge is -2.27. The van der Waals surface area contributed by atoms with E-state index in [4.69, 9.17) is 9.94 Å². The number of oxime groups is 1. The molecule has 168 valence electrons. The molecule has 2 aliphatic carbocycles. The van der Waals surface area contributed by atoms with Gasteiger partial charge in [0.2, 0.25) is 0 Å². The van der Waals surface area contributed by atoms with Gasteiger partial charge in [0.05, 0.1) is 0 Å². The van der Waals surface area contributed by atoms with Crippen molar-refractivity contribution in [2.24, 2.45) is 28.8 Å². The standard InChI is InChI=1S/C28H33NO3/c30-27(31)16-10-2-1-9-15-25-23-17-18-24(19-23)26(25)20-29-32-28(21-11-5-3-6-12-21)22-13-7-4-8-14-22/h1,3-9,11-14,20,23-26,28H,2,10,15-19H2,(H,30,31)/b9-1-,29-20+/t23-,24+,25-,26-/m0/s1. The number of fused-ring (bicyclic) bond motifs is 2. The summed E-state index contributed by atoms with van der Waals surface area (Å²) in [5.41, 5.74) is 2.20. The highest BCUT2D eigenvalue weighted by molar-refractivity contribution is 5.66. The summed E-state index contributed by atoms with van der Waals surface area (Å²) in [6.45, 7) is 0. The van der Waals surface area contributed by atoms with Crippen LogP contribution in [-0.4, -0.2) is 17.3 Å². The maximum Gasteiger partial charge on any atom is 0.303 e. The third-order valence-electron chi connectivity index (χ3n) is 7.10. The van der Waals surface area contributed by atoms with Crippen molar-refractivity contribution in [2.45, 2.75) is 51.0 Å². The number of carbonyl (C=O) groups is 1. The molecule has 0 amide bonds. The van der Waals surface area contributed by atoms with Gasteiger partial charge < -0.3 is 9.94 Å². The molecule has 2 aromatic carbocycles. The van der Waals surface area contributed by atoms with Crippen molar-refractivity contribution in [1.29, 1.82) is 0 Å². The number of allylic oxidation sites excluding steroid dienone is 2. The number of benzene rings is 2. The lowest BCUT2D eigenvalue weighted by molar-refractivity contribution is -0.137. The third-order valence-corrected chi connectivity index (χ3v) is 7.10. The molecule has 2 aliphatic rings. The van der Waals surface area contributed by atoms with Crippen LogP contribution in [0.25, 0.3) is 0 Å². The van der Waals surface area contributed by atoms with E-state index in [1.807, 2.05) is 36.4 Å². The molecule has 0 aromatic heterocycles. The second kappa shape index (κ2) is 11.1. The molecular formula is C28H33NO3. The van der Waals surface area contributed by atoms with E-state index in [-0.39, 0.29) is 12.5 Å². The number of carboxylic acids is 1. The summed E-state index contributed by atoms with van der Waals surface area (Å²) in [6.07, 6.45) is 13.0. The minimum absolute atomic E-state index is 0.208. The van der Waals surface area contributed by atoms with Crippen LogP contribution in [0, 0.1) is 23.7 Å². The number of rotatable bonds is 11. The predicted molar refractivity (Wildman–Crippen MR) is 127 cm³/mol. The van der Waals surface area contributed by atoms with Crippen LogP contribution in [0.4, 0.5) is 0 Å². The van der Waals surface area contributed by atoms with Crippen molar-refractivity contribution in [3.8, 4) is 0 Å². The minimum atomic E-state index is -0.716. The number of aliphatic carboxylic acids is 1. The summed E-state index contributed by atoms with van der Waals surface area (Å²) in [4.78, 5) is 16.8. The second-order valence-electron chi connectivity index (χ2n) is 9.13. The van der Waals surface area contributed by atoms with Crippen molar-refractivity contribution >= 4 is 12.2 Å². The number of hydrogen-bond donors (Lipinski definition) is 1. The summed E-state index contributed by atoms with van der Waals surface area (Å²) in [6, 6.07) is 20.5. The largest absolute Gasteiger partial charge is 0.481 e. The average Bonchev–Trinajstić information content (AvgIpc) is 3.42. The molecule has 0 aliphatic heterocycles. The zero-order chi connectivity index (χ0) is 22.2. The van der Waals surface area contributed by atoms with E-state index in [9.17, 15) is 4.79 Å². The summed E-state index contributed by atoms with van der Waals surface area (Å²) >= 11 is 0. The topological polar surface area (TPSA) is 58.9 Å². The molecule has 0 spiro atoms. The molecule has 0 heterocycles. The Hall–Kier alpha value is -2.88. The summed E-state index contributed by atoms with van der Waals surface area (Å²) in [5.74, 6) is 1.85. The van der Waals surface area contributed by atoms with Crippen LogP contribution < -0.4 is 0 Å². The zero-order valence-corrected chi connectivity index (χ0v) is 18.6. The van der Waals surface area contributed by atoms with Crippen molar-refractivity contribution in [1.82, 2.24) is 0 Å². The van der Waals surface area contributed by atoms with Gasteiger partial charge in [0, 0.05) is 18.6 Å². The smallest absolute Gasteiger partial charge is 0.303 e. The molecule has 4 heteroatoms. The second-order valence-corrected chi connectivity index (χ2v) is 9.13. The number of hydrogen-bond acceptors (Lipinski definition) is 3. The third kappa shape index (κ3) is 5.67. The van der Waals surface area contributed by atoms with Gasteiger partial charge in [-0.15, -0.1) is 0 Å². The highest BCUT2D eigenvalue weighted by Gasteiger charge is 2.46. The Morgan fingerprint density at radius 2 is 1.66 bits per heavy atom. The molecule has 32 heavy (non-hydrogen) atoms. The molecule has 4 nitrogen and oxygen atoms in total. The molecule has 0 radical (unpaired) electrons. The number of unbranched alkanes of at least 4 members (excludes halogenated alkanes) is 1. The fourth-order valence-electron chi connectivity index (χ4n) is 5.52. The van der Waals surface area contributed by atoms with Crippen LogP contribution in [0.15, 0.2) is 78.0 Å². The Kier molecular flexibility index (Phi) is 7.76. The van der Waals surface area contributed by atoms with Gasteiger partial charge in [-0.25, -0.2) is 0 Å². The van der Waals surface area contributed by atoms with Crippen molar-refractivity contribution in [2.75, 3.05) is 0 Å². The quantitative estimate of drug-likeness (QED) is 0.188. The van der Waals surface area contributed by atoms with Crippen LogP contribution in [0.5, 0.6) is 0 Å². The van der Waals surface area contributed by atoms with Crippen LogP contribution in [0.3, 0.4) is 0 Å². The van der Waals surface area contributed by atoms with Gasteiger partial charge in [0.15, 0.2) is 6.10 Å². The van der Waals surface area contributed by atoms with E-state index in [1.54, 1.807) is 0 Å². The normalized spacial score (nSPS) is 24.7. The maximum atomic E-state index is 10.6. The molecular weight excluding hydrogens is 398 g/mol. The Morgan fingerprint density at radius 1 is 1.00 bits per heavy atom. The zero-order valence-electron chi connectivity index (χ0n) is 18.6. The Bertz CT molecular complexity index is 869. The van der Waals surface area contributed by atoms with Gasteiger partial charge in [-0.2, -0.15) is 0 Å². The maximum absolute atomic E-state index is 10.6. The van der Waals surface area contributed by atoms with Crippen LogP contribution in [0.2, 0.25) is 0 Å². The monoisotopic (exact) mass is 431 g/mol. The van der Waals surface area contributed by atoms with E-state index >= 15 is 0 Å². The van der Waals surface area contributed by atoms with Crippen LogP contribution in [0.1, 0.15) is 62.2 Å². The fraction of sp³-hybridized carbons (Fsp3) is 0.429. The minimum Gasteiger partial charge on any atom is -0.481 e. The first-order chi connectivity index (χ1) is 15.7. The first-order valence-corrected chi connectivity index (χ1v) is 11.9. The molecule has 0 saturated heterocycles. The summed E-state index contributed by atoms with van der Waals surface area (Å²) in [5, 5.41) is 13.3. The van der Waals surface area contributed by atoms with Gasteiger partial charge in [-0.05, 0) is 67.4 Å². The van der Waals surface area contributed by atoms with Crippen LogP contribution >= 0.6 is 0 Å². The summed E-state index contributed by atoms with van der Waals surface area (Å²) in [7, 11) is 0. The number of nitrogens with zero attached hydrogens (tertiary/aromatic N) is 1. The summed E-state index contributed by atoms with van der Waals surface area (Å²) < 4.78 is 0. The molecule has 4 atom stereocenters. The van der Waals surface area contributed by atoms with Gasteiger partial charge in [-0.3, -0.25) is 4.79 Å². The van der Waals surface area contributed by atoms with Crippen molar-refractivity contribution in [3.63, 3.8) is 0 Å². The van der Waals surface area contributed by atoms with Crippen molar-refractivity contribution in [3.05, 3.63) is 83.9 Å². The van der Waals surface area contributed by atoms with E-state index < -0.39 is 5.97 Å². The average molecular weight is 432 g/mol. The van der Waals surface area contributed by atoms with E-state index in [0.29, 0.717) is 24.2 Å². The van der Waals surface area contributed by atoms with Gasteiger partial charge >= 0.3 is 5.97 Å². The van der Waals surface area contributed by atoms with E-state index in [0.717, 1.165) is 29.9 Å². The highest BCUT2D eigenvalue weighted by Crippen LogP contribution is 2.53. The number of carboxylic acid groups (broad SMARTS) is 1. The van der Waals surface area contributed by atoms with E-state index in [1.165, 1.54) is 19.3 Å². The lowest BCUT2D eigenvalue weighted by Crippen LogP contribution is -2.23. The lowest BCUT2D eigenvalue weighted by atomic mass is 9.78. The fourth-order valence-corrected chi connectivity index (χ4v) is 5.52. The van der Waals surface area contributed by atoms with Gasteiger partial charge in [0.25, 0.3) is 0 Å².